The zero-order chi connectivity index (χ0) is 30.2. The first-order valence-electron chi connectivity index (χ1n) is 14.3. The lowest BCUT2D eigenvalue weighted by Crippen LogP contribution is -2.54. The quantitative estimate of drug-likeness (QED) is 0.288. The molecule has 0 fully saturated rings. The summed E-state index contributed by atoms with van der Waals surface area (Å²) in [7, 11) is -4.09. The minimum absolute atomic E-state index is 0.0451. The average Bonchev–Trinajstić information content (AvgIpc) is 2.93. The Balaban J connectivity index is 2.04. The summed E-state index contributed by atoms with van der Waals surface area (Å²) in [6.07, 6.45) is 1.69. The van der Waals surface area contributed by atoms with Crippen LogP contribution in [0.3, 0.4) is 0 Å². The highest BCUT2D eigenvalue weighted by Crippen LogP contribution is 2.27. The number of nitrogens with one attached hydrogen (secondary N) is 1. The van der Waals surface area contributed by atoms with Gasteiger partial charge < -0.3 is 10.2 Å². The number of rotatable bonds is 13. The predicted octanol–water partition coefficient (Wildman–Crippen LogP) is 5.57. The number of aryl methyl sites for hydroxylation is 3. The summed E-state index contributed by atoms with van der Waals surface area (Å²) in [5.74, 6) is -0.662. The van der Waals surface area contributed by atoms with Gasteiger partial charge in [-0.15, -0.1) is 0 Å². The summed E-state index contributed by atoms with van der Waals surface area (Å²) in [4.78, 5) is 29.2. The normalized spacial score (nSPS) is 12.8. The molecule has 41 heavy (non-hydrogen) atoms. The zero-order valence-corrected chi connectivity index (χ0v) is 25.9. The second-order valence-corrected chi connectivity index (χ2v) is 12.6. The Labute approximate surface area is 245 Å². The van der Waals surface area contributed by atoms with Crippen molar-refractivity contribution in [1.82, 2.24) is 10.2 Å². The van der Waals surface area contributed by atoms with Gasteiger partial charge in [-0.2, -0.15) is 0 Å². The van der Waals surface area contributed by atoms with E-state index in [9.17, 15) is 18.0 Å². The molecule has 2 atom stereocenters. The second kappa shape index (κ2) is 14.3. The maximum Gasteiger partial charge on any atom is 0.264 e. The van der Waals surface area contributed by atoms with E-state index in [4.69, 9.17) is 0 Å². The van der Waals surface area contributed by atoms with Gasteiger partial charge in [-0.3, -0.25) is 13.9 Å². The number of sulfonamides is 1. The van der Waals surface area contributed by atoms with Crippen molar-refractivity contribution in [2.45, 2.75) is 77.8 Å². The topological polar surface area (TPSA) is 86.8 Å². The summed E-state index contributed by atoms with van der Waals surface area (Å²) >= 11 is 0. The van der Waals surface area contributed by atoms with Crippen molar-refractivity contribution in [3.8, 4) is 0 Å². The van der Waals surface area contributed by atoms with Crippen LogP contribution in [0.2, 0.25) is 0 Å². The highest BCUT2D eigenvalue weighted by molar-refractivity contribution is 7.92. The van der Waals surface area contributed by atoms with Crippen LogP contribution in [-0.4, -0.2) is 50.3 Å². The summed E-state index contributed by atoms with van der Waals surface area (Å²) in [6.45, 7) is 11.3. The zero-order valence-electron chi connectivity index (χ0n) is 25.1. The second-order valence-electron chi connectivity index (χ2n) is 10.7. The molecule has 3 aromatic rings. The summed E-state index contributed by atoms with van der Waals surface area (Å²) in [6, 6.07) is 21.1. The van der Waals surface area contributed by atoms with Crippen molar-refractivity contribution in [1.29, 1.82) is 0 Å². The number of carbonyl (C=O) groups is 2. The van der Waals surface area contributed by atoms with Gasteiger partial charge in [0.25, 0.3) is 10.0 Å². The van der Waals surface area contributed by atoms with Crippen LogP contribution in [0.25, 0.3) is 0 Å². The minimum atomic E-state index is -4.09. The van der Waals surface area contributed by atoms with E-state index in [-0.39, 0.29) is 23.4 Å². The smallest absolute Gasteiger partial charge is 0.264 e. The Morgan fingerprint density at radius 3 is 2.00 bits per heavy atom. The van der Waals surface area contributed by atoms with Gasteiger partial charge in [-0.25, -0.2) is 8.42 Å². The lowest BCUT2D eigenvalue weighted by atomic mass is 10.1. The standard InChI is InChI=1S/C33H43N3O4S/c1-7-27(6)34-33(38)31(8-2)35(19-18-28-12-10-9-11-13-28)32(37)23-36(29-21-25(4)20-26(5)22-29)41(39,40)30-16-14-24(3)15-17-30/h9-17,20-22,27,31H,7-8,18-19,23H2,1-6H3,(H,34,38)/t27-,31-/m1/s1. The monoisotopic (exact) mass is 577 g/mol. The van der Waals surface area contributed by atoms with Crippen LogP contribution in [0.5, 0.6) is 0 Å². The molecule has 2 amide bonds. The maximum atomic E-state index is 14.2. The average molecular weight is 578 g/mol. The highest BCUT2D eigenvalue weighted by atomic mass is 32.2. The van der Waals surface area contributed by atoms with Gasteiger partial charge in [0, 0.05) is 12.6 Å². The van der Waals surface area contributed by atoms with Crippen molar-refractivity contribution in [3.05, 3.63) is 95.1 Å². The van der Waals surface area contributed by atoms with Crippen molar-refractivity contribution >= 4 is 27.5 Å². The molecule has 1 N–H and O–H groups in total. The molecule has 0 heterocycles. The molecule has 3 aromatic carbocycles. The van der Waals surface area contributed by atoms with Gasteiger partial charge in [0.05, 0.1) is 10.6 Å². The minimum Gasteiger partial charge on any atom is -0.352 e. The Kier molecular flexibility index (Phi) is 11.1. The maximum absolute atomic E-state index is 14.2. The summed E-state index contributed by atoms with van der Waals surface area (Å²) < 4.78 is 29.3. The lowest BCUT2D eigenvalue weighted by molar-refractivity contribution is -0.139. The van der Waals surface area contributed by atoms with E-state index in [2.05, 4.69) is 5.32 Å². The molecule has 0 aliphatic heterocycles. The molecule has 0 aliphatic carbocycles. The fourth-order valence-corrected chi connectivity index (χ4v) is 6.20. The SMILES string of the molecule is CC[C@@H](C)NC(=O)[C@@H](CC)N(CCc1ccccc1)C(=O)CN(c1cc(C)cc(C)c1)S(=O)(=O)c1ccc(C)cc1. The van der Waals surface area contributed by atoms with Crippen molar-refractivity contribution in [2.75, 3.05) is 17.4 Å². The number of carbonyl (C=O) groups excluding carboxylic acids is 2. The Bertz CT molecular complexity index is 1400. The van der Waals surface area contributed by atoms with Crippen LogP contribution in [0.4, 0.5) is 5.69 Å². The van der Waals surface area contributed by atoms with Gasteiger partial charge in [-0.1, -0.05) is 67.9 Å². The van der Waals surface area contributed by atoms with Crippen LogP contribution in [-0.2, 0) is 26.0 Å². The van der Waals surface area contributed by atoms with Gasteiger partial charge >= 0.3 is 0 Å². The molecular formula is C33H43N3O4S. The van der Waals surface area contributed by atoms with E-state index in [0.717, 1.165) is 28.7 Å². The van der Waals surface area contributed by atoms with Crippen molar-refractivity contribution in [2.24, 2.45) is 0 Å². The first-order valence-corrected chi connectivity index (χ1v) is 15.7. The molecule has 0 bridgehead atoms. The van der Waals surface area contributed by atoms with Crippen LogP contribution in [0.1, 0.15) is 55.9 Å². The van der Waals surface area contributed by atoms with E-state index in [1.807, 2.05) is 77.9 Å². The number of anilines is 1. The predicted molar refractivity (Wildman–Crippen MR) is 165 cm³/mol. The first kappa shape index (κ1) is 31.9. The molecule has 0 unspecified atom stereocenters. The molecule has 0 aliphatic rings. The molecule has 0 saturated carbocycles. The van der Waals surface area contributed by atoms with E-state index in [1.165, 1.54) is 4.31 Å². The van der Waals surface area contributed by atoms with Gasteiger partial charge in [0.1, 0.15) is 12.6 Å². The number of benzene rings is 3. The van der Waals surface area contributed by atoms with Crippen LogP contribution in [0.15, 0.2) is 77.7 Å². The third kappa shape index (κ3) is 8.43. The summed E-state index contributed by atoms with van der Waals surface area (Å²) in [5, 5.41) is 3.01. The van der Waals surface area contributed by atoms with Gasteiger partial charge in [0.15, 0.2) is 0 Å². The molecule has 0 saturated heterocycles. The Hall–Kier alpha value is -3.65. The lowest BCUT2D eigenvalue weighted by Gasteiger charge is -2.34. The number of hydrogen-bond acceptors (Lipinski definition) is 4. The van der Waals surface area contributed by atoms with E-state index in [1.54, 1.807) is 41.3 Å². The molecule has 0 aromatic heterocycles. The van der Waals surface area contributed by atoms with Gasteiger partial charge in [0.2, 0.25) is 11.8 Å². The van der Waals surface area contributed by atoms with Gasteiger partial charge in [-0.05, 0) is 87.9 Å². The van der Waals surface area contributed by atoms with Crippen molar-refractivity contribution in [3.63, 3.8) is 0 Å². The third-order valence-corrected chi connectivity index (χ3v) is 9.04. The Morgan fingerprint density at radius 2 is 1.44 bits per heavy atom. The fourth-order valence-electron chi connectivity index (χ4n) is 4.80. The van der Waals surface area contributed by atoms with Crippen LogP contribution in [0, 0.1) is 20.8 Å². The molecule has 8 heteroatoms. The van der Waals surface area contributed by atoms with E-state index < -0.39 is 28.5 Å². The largest absolute Gasteiger partial charge is 0.352 e. The molecule has 3 rings (SSSR count). The number of nitrogens with zero attached hydrogens (tertiary/aromatic N) is 2. The molecular weight excluding hydrogens is 534 g/mol. The first-order chi connectivity index (χ1) is 19.5. The highest BCUT2D eigenvalue weighted by Gasteiger charge is 2.33. The molecule has 0 radical (unpaired) electrons. The molecule has 0 spiro atoms. The van der Waals surface area contributed by atoms with Crippen LogP contribution < -0.4 is 9.62 Å². The number of hydrogen-bond donors (Lipinski definition) is 1. The van der Waals surface area contributed by atoms with Crippen molar-refractivity contribution < 1.29 is 18.0 Å². The Morgan fingerprint density at radius 1 is 0.829 bits per heavy atom. The third-order valence-electron chi connectivity index (χ3n) is 7.25. The molecule has 220 valence electrons. The summed E-state index contributed by atoms with van der Waals surface area (Å²) in [5.41, 5.74) is 4.15. The van der Waals surface area contributed by atoms with E-state index in [0.29, 0.717) is 18.5 Å². The molecule has 7 nitrogen and oxygen atoms in total. The van der Waals surface area contributed by atoms with E-state index >= 15 is 0 Å². The fraction of sp³-hybridized carbons (Fsp3) is 0.394. The number of amides is 2. The van der Waals surface area contributed by atoms with Crippen LogP contribution >= 0.6 is 0 Å².